The molecule has 0 spiro atoms. The molecule has 0 saturated carbocycles. The second kappa shape index (κ2) is 6.43. The molecule has 6 nitrogen and oxygen atoms in total. The van der Waals surface area contributed by atoms with Crippen LogP contribution in [0.1, 0.15) is 12.0 Å². The summed E-state index contributed by atoms with van der Waals surface area (Å²) in [6.07, 6.45) is 3.22. The highest BCUT2D eigenvalue weighted by atomic mass is 32.2. The molecule has 0 radical (unpaired) electrons. The highest BCUT2D eigenvalue weighted by Gasteiger charge is 2.16. The molecule has 0 atom stereocenters. The Morgan fingerprint density at radius 3 is 2.90 bits per heavy atom. The Bertz CT molecular complexity index is 785. The van der Waals surface area contributed by atoms with Crippen molar-refractivity contribution < 1.29 is 13.5 Å². The summed E-state index contributed by atoms with van der Waals surface area (Å²) in [5.74, 6) is 5.63. The van der Waals surface area contributed by atoms with Crippen LogP contribution in [0.4, 0.5) is 5.69 Å². The molecule has 0 amide bonds. The molecule has 7 heteroatoms. The monoisotopic (exact) mass is 305 g/mol. The van der Waals surface area contributed by atoms with Gasteiger partial charge in [0, 0.05) is 25.2 Å². The van der Waals surface area contributed by atoms with Crippen LogP contribution < -0.4 is 4.72 Å². The van der Waals surface area contributed by atoms with Crippen LogP contribution in [0.3, 0.4) is 0 Å². The fourth-order valence-corrected chi connectivity index (χ4v) is 2.65. The van der Waals surface area contributed by atoms with Gasteiger partial charge in [-0.15, -0.1) is 0 Å². The zero-order chi connectivity index (χ0) is 15.3. The van der Waals surface area contributed by atoms with Gasteiger partial charge in [-0.25, -0.2) is 4.98 Å². The van der Waals surface area contributed by atoms with Crippen LogP contribution in [-0.2, 0) is 17.1 Å². The van der Waals surface area contributed by atoms with Crippen molar-refractivity contribution in [1.29, 1.82) is 0 Å². The third kappa shape index (κ3) is 4.08. The van der Waals surface area contributed by atoms with E-state index in [1.807, 2.05) is 0 Å². The van der Waals surface area contributed by atoms with Gasteiger partial charge in [0.2, 0.25) is 0 Å². The number of aromatic nitrogens is 2. The zero-order valence-electron chi connectivity index (χ0n) is 11.4. The van der Waals surface area contributed by atoms with Crippen molar-refractivity contribution in [3.63, 3.8) is 0 Å². The Labute approximate surface area is 123 Å². The average Bonchev–Trinajstić information content (AvgIpc) is 2.87. The topological polar surface area (TPSA) is 84.2 Å². The first-order valence-corrected chi connectivity index (χ1v) is 7.70. The van der Waals surface area contributed by atoms with Gasteiger partial charge in [-0.1, -0.05) is 17.9 Å². The quantitative estimate of drug-likeness (QED) is 0.824. The largest absolute Gasteiger partial charge is 0.395 e. The zero-order valence-corrected chi connectivity index (χ0v) is 12.3. The number of rotatable bonds is 4. The molecule has 0 fully saturated rings. The number of nitrogens with zero attached hydrogens (tertiary/aromatic N) is 2. The van der Waals surface area contributed by atoms with Crippen molar-refractivity contribution in [2.45, 2.75) is 11.4 Å². The smallest absolute Gasteiger partial charge is 0.280 e. The Hall–Kier alpha value is -2.30. The molecular weight excluding hydrogens is 290 g/mol. The van der Waals surface area contributed by atoms with Crippen molar-refractivity contribution >= 4 is 15.7 Å². The molecule has 0 aliphatic rings. The summed E-state index contributed by atoms with van der Waals surface area (Å²) in [6.45, 7) is -0.000995. The Morgan fingerprint density at radius 1 is 1.43 bits per heavy atom. The van der Waals surface area contributed by atoms with Gasteiger partial charge < -0.3 is 9.67 Å². The van der Waals surface area contributed by atoms with E-state index in [1.165, 1.54) is 12.5 Å². The number of aliphatic hydroxyl groups excluding tert-OH is 1. The third-order valence-electron chi connectivity index (χ3n) is 2.54. The number of sulfonamides is 1. The Morgan fingerprint density at radius 2 is 2.24 bits per heavy atom. The number of nitrogens with one attached hydrogen (secondary N) is 1. The van der Waals surface area contributed by atoms with Gasteiger partial charge in [0.05, 0.1) is 18.6 Å². The average molecular weight is 305 g/mol. The van der Waals surface area contributed by atoms with Crippen molar-refractivity contribution in [1.82, 2.24) is 9.55 Å². The van der Waals surface area contributed by atoms with E-state index in [9.17, 15) is 8.42 Å². The molecule has 0 bridgehead atoms. The lowest BCUT2D eigenvalue weighted by Crippen LogP contribution is -2.13. The first-order chi connectivity index (χ1) is 10.0. The lowest BCUT2D eigenvalue weighted by Gasteiger charge is -2.05. The van der Waals surface area contributed by atoms with Gasteiger partial charge in [-0.2, -0.15) is 8.42 Å². The van der Waals surface area contributed by atoms with Gasteiger partial charge in [0.25, 0.3) is 10.0 Å². The van der Waals surface area contributed by atoms with Gasteiger partial charge in [0.15, 0.2) is 5.03 Å². The number of anilines is 1. The van der Waals surface area contributed by atoms with Gasteiger partial charge >= 0.3 is 0 Å². The minimum Gasteiger partial charge on any atom is -0.395 e. The van der Waals surface area contributed by atoms with E-state index < -0.39 is 10.0 Å². The Balaban J connectivity index is 2.20. The summed E-state index contributed by atoms with van der Waals surface area (Å²) in [5.41, 5.74) is 1.08. The number of benzene rings is 1. The second-order valence-corrected chi connectivity index (χ2v) is 5.97. The van der Waals surface area contributed by atoms with Crippen molar-refractivity contribution in [3.05, 3.63) is 42.4 Å². The highest BCUT2D eigenvalue weighted by Crippen LogP contribution is 2.15. The predicted molar refractivity (Wildman–Crippen MR) is 79.0 cm³/mol. The molecule has 1 aromatic carbocycles. The molecule has 0 aliphatic heterocycles. The summed E-state index contributed by atoms with van der Waals surface area (Å²) in [4.78, 5) is 3.82. The minimum absolute atomic E-state index is 0.000995. The summed E-state index contributed by atoms with van der Waals surface area (Å²) in [6, 6.07) is 6.74. The Kier molecular flexibility index (Phi) is 4.62. The molecule has 2 rings (SSSR count). The number of hydrogen-bond acceptors (Lipinski definition) is 4. The molecule has 21 heavy (non-hydrogen) atoms. The van der Waals surface area contributed by atoms with Crippen molar-refractivity contribution in [2.75, 3.05) is 11.3 Å². The lowest BCUT2D eigenvalue weighted by molar-refractivity contribution is 0.305. The molecule has 0 unspecified atom stereocenters. The number of hydrogen-bond donors (Lipinski definition) is 2. The maximum atomic E-state index is 12.1. The maximum Gasteiger partial charge on any atom is 0.280 e. The molecule has 2 aromatic rings. The third-order valence-corrected chi connectivity index (χ3v) is 3.81. The van der Waals surface area contributed by atoms with Crippen LogP contribution >= 0.6 is 0 Å². The predicted octanol–water partition coefficient (Wildman–Crippen LogP) is 0.955. The van der Waals surface area contributed by atoms with E-state index in [0.717, 1.165) is 0 Å². The fourth-order valence-electron chi connectivity index (χ4n) is 1.62. The molecule has 1 aromatic heterocycles. The summed E-state index contributed by atoms with van der Waals surface area (Å²) >= 11 is 0. The lowest BCUT2D eigenvalue weighted by atomic mass is 10.2. The van der Waals surface area contributed by atoms with Gasteiger partial charge in [-0.3, -0.25) is 4.72 Å². The van der Waals surface area contributed by atoms with E-state index in [1.54, 1.807) is 35.9 Å². The highest BCUT2D eigenvalue weighted by molar-refractivity contribution is 7.92. The summed E-state index contributed by atoms with van der Waals surface area (Å²) in [7, 11) is -2.01. The molecule has 110 valence electrons. The van der Waals surface area contributed by atoms with Crippen LogP contribution in [0, 0.1) is 11.8 Å². The van der Waals surface area contributed by atoms with Gasteiger partial charge in [-0.05, 0) is 18.2 Å². The van der Waals surface area contributed by atoms with E-state index in [4.69, 9.17) is 5.11 Å². The molecule has 0 saturated heterocycles. The van der Waals surface area contributed by atoms with Crippen LogP contribution in [0.5, 0.6) is 0 Å². The number of aryl methyl sites for hydroxylation is 1. The van der Waals surface area contributed by atoms with E-state index in [-0.39, 0.29) is 11.6 Å². The normalized spacial score (nSPS) is 10.8. The van der Waals surface area contributed by atoms with Gasteiger partial charge in [0.1, 0.15) is 0 Å². The molecule has 2 N–H and O–H groups in total. The second-order valence-electron chi connectivity index (χ2n) is 4.34. The SMILES string of the molecule is Cn1cnc(S(=O)(=O)Nc2cccc(C#CCCO)c2)c1. The first kappa shape index (κ1) is 15.1. The first-order valence-electron chi connectivity index (χ1n) is 6.22. The van der Waals surface area contributed by atoms with Crippen molar-refractivity contribution in [3.8, 4) is 11.8 Å². The standard InChI is InChI=1S/C14H15N3O3S/c1-17-10-14(15-11-17)21(19,20)16-13-7-4-6-12(9-13)5-2-3-8-18/h4,6-7,9-11,16,18H,3,8H2,1H3. The summed E-state index contributed by atoms with van der Waals surface area (Å²) in [5, 5.41) is 8.64. The van der Waals surface area contributed by atoms with E-state index in [0.29, 0.717) is 17.7 Å². The minimum atomic E-state index is -3.70. The number of imidazole rings is 1. The maximum absolute atomic E-state index is 12.1. The van der Waals surface area contributed by atoms with Crippen LogP contribution in [0.15, 0.2) is 41.8 Å². The van der Waals surface area contributed by atoms with E-state index >= 15 is 0 Å². The molecule has 1 heterocycles. The summed E-state index contributed by atoms with van der Waals surface area (Å²) < 4.78 is 28.3. The van der Waals surface area contributed by atoms with E-state index in [2.05, 4.69) is 21.5 Å². The molecule has 0 aliphatic carbocycles. The van der Waals surface area contributed by atoms with Crippen LogP contribution in [-0.4, -0.2) is 29.7 Å². The van der Waals surface area contributed by atoms with Crippen LogP contribution in [0.2, 0.25) is 0 Å². The van der Waals surface area contributed by atoms with Crippen molar-refractivity contribution in [2.24, 2.45) is 7.05 Å². The van der Waals surface area contributed by atoms with Crippen LogP contribution in [0.25, 0.3) is 0 Å². The fraction of sp³-hybridized carbons (Fsp3) is 0.214. The number of aliphatic hydroxyl groups is 1. The molecular formula is C14H15N3O3S.